The van der Waals surface area contributed by atoms with E-state index < -0.39 is 86.1 Å². The number of thioether (sulfide) groups is 1. The number of ether oxygens (including phenoxy) is 1. The van der Waals surface area contributed by atoms with E-state index in [1.54, 1.807) is 0 Å². The van der Waals surface area contributed by atoms with Crippen molar-refractivity contribution < 1.29 is 71.3 Å². The third-order valence-corrected chi connectivity index (χ3v) is 5.02. The van der Waals surface area contributed by atoms with Gasteiger partial charge in [-0.05, 0) is 12.2 Å². The van der Waals surface area contributed by atoms with Crippen LogP contribution in [0.5, 0.6) is 0 Å². The Balaban J connectivity index is 4.37. The third kappa shape index (κ3) is 7.98. The molecule has 0 amide bonds. The lowest BCUT2D eigenvalue weighted by molar-refractivity contribution is -0.345. The van der Waals surface area contributed by atoms with Gasteiger partial charge in [-0.1, -0.05) is 0 Å². The van der Waals surface area contributed by atoms with Crippen molar-refractivity contribution in [2.75, 3.05) is 24.7 Å². The van der Waals surface area contributed by atoms with Gasteiger partial charge in [0.25, 0.3) is 5.67 Å². The van der Waals surface area contributed by atoms with Crippen LogP contribution in [0.2, 0.25) is 0 Å². The van der Waals surface area contributed by atoms with Gasteiger partial charge in [-0.3, -0.25) is 0 Å². The Morgan fingerprint density at radius 3 is 1.42 bits per heavy atom. The number of rotatable bonds is 11. The van der Waals surface area contributed by atoms with Crippen LogP contribution in [0.3, 0.4) is 0 Å². The van der Waals surface area contributed by atoms with Gasteiger partial charge in [-0.15, -0.1) is 0 Å². The molecule has 1 unspecified atom stereocenters. The Labute approximate surface area is 170 Å². The third-order valence-electron chi connectivity index (χ3n) is 3.82. The number of hydrogen-bond acceptors (Lipinski definition) is 3. The Kier molecular flexibility index (Phi) is 10.2. The molecule has 2 nitrogen and oxygen atoms in total. The zero-order chi connectivity index (χ0) is 24.9. The predicted molar refractivity (Wildman–Crippen MR) is 79.9 cm³/mol. The fraction of sp³-hybridized carbons (Fsp3) is 1.00. The van der Waals surface area contributed by atoms with Gasteiger partial charge in [0.2, 0.25) is 0 Å². The van der Waals surface area contributed by atoms with Gasteiger partial charge in [0.15, 0.2) is 0 Å². The van der Waals surface area contributed by atoms with Crippen LogP contribution in [0.4, 0.5) is 61.5 Å². The number of halogens is 14. The van der Waals surface area contributed by atoms with E-state index in [2.05, 4.69) is 4.74 Å². The van der Waals surface area contributed by atoms with Gasteiger partial charge in [-0.2, -0.15) is 64.4 Å². The Morgan fingerprint density at radius 1 is 0.645 bits per heavy atom. The van der Waals surface area contributed by atoms with Crippen LogP contribution in [-0.4, -0.2) is 72.0 Å². The van der Waals surface area contributed by atoms with Crippen molar-refractivity contribution in [3.05, 3.63) is 0 Å². The molecular weight excluding hydrogens is 498 g/mol. The van der Waals surface area contributed by atoms with Crippen LogP contribution in [0.25, 0.3) is 0 Å². The molecule has 0 aliphatic rings. The lowest BCUT2D eigenvalue weighted by atomic mass is 9.99. The fourth-order valence-corrected chi connectivity index (χ4v) is 2.89. The van der Waals surface area contributed by atoms with Crippen molar-refractivity contribution >= 4 is 11.8 Å². The molecule has 1 atom stereocenters. The summed E-state index contributed by atoms with van der Waals surface area (Å²) in [6, 6.07) is 0. The minimum Gasteiger partial charge on any atom is -0.390 e. The molecule has 0 aromatic carbocycles. The van der Waals surface area contributed by atoms with Gasteiger partial charge in [0.1, 0.15) is 0 Å². The van der Waals surface area contributed by atoms with Crippen molar-refractivity contribution in [3.63, 3.8) is 0 Å². The Bertz CT molecular complexity index is 511. The summed E-state index contributed by atoms with van der Waals surface area (Å²) in [6.45, 7) is -2.30. The normalized spacial score (nSPS) is 16.0. The zero-order valence-electron chi connectivity index (χ0n) is 15.1. The smallest absolute Gasteiger partial charge is 0.390 e. The molecule has 0 aliphatic carbocycles. The van der Waals surface area contributed by atoms with Crippen molar-refractivity contribution in [2.24, 2.45) is 0 Å². The molecular formula is C14H16F14O2S. The lowest BCUT2D eigenvalue weighted by Crippen LogP contribution is -2.53. The molecule has 0 aromatic heterocycles. The molecule has 0 rings (SSSR count). The highest BCUT2D eigenvalue weighted by Gasteiger charge is 2.72. The van der Waals surface area contributed by atoms with E-state index in [-0.39, 0.29) is 0 Å². The molecule has 0 saturated heterocycles. The van der Waals surface area contributed by atoms with Crippen LogP contribution >= 0.6 is 11.8 Å². The maximum Gasteiger partial charge on any atom is 0.431 e. The summed E-state index contributed by atoms with van der Waals surface area (Å²) in [7, 11) is 0. The molecule has 0 spiro atoms. The number of aliphatic hydroxyl groups excluding tert-OH is 1. The number of alkyl halides is 14. The molecule has 0 bridgehead atoms. The summed E-state index contributed by atoms with van der Waals surface area (Å²) >= 11 is 0.530. The van der Waals surface area contributed by atoms with Crippen molar-refractivity contribution in [1.82, 2.24) is 0 Å². The molecule has 1 N–H and O–H groups in total. The van der Waals surface area contributed by atoms with E-state index in [0.29, 0.717) is 11.8 Å². The van der Waals surface area contributed by atoms with Crippen molar-refractivity contribution in [3.8, 4) is 0 Å². The van der Waals surface area contributed by atoms with Crippen LogP contribution in [0.1, 0.15) is 19.3 Å². The summed E-state index contributed by atoms with van der Waals surface area (Å²) in [5, 5.41) is 9.40. The first-order valence-electron chi connectivity index (χ1n) is 8.08. The average molecular weight is 514 g/mol. The number of aliphatic hydroxyl groups is 1. The van der Waals surface area contributed by atoms with E-state index >= 15 is 0 Å². The summed E-state index contributed by atoms with van der Waals surface area (Å²) in [5.74, 6) is -0.957. The molecule has 0 aliphatic heterocycles. The summed E-state index contributed by atoms with van der Waals surface area (Å²) in [4.78, 5) is 0. The Hall–Kier alpha value is -0.710. The van der Waals surface area contributed by atoms with Crippen molar-refractivity contribution in [2.45, 2.75) is 61.4 Å². The first kappa shape index (κ1) is 30.3. The molecule has 17 heteroatoms. The van der Waals surface area contributed by atoms with Gasteiger partial charge in [0, 0.05) is 18.6 Å². The second kappa shape index (κ2) is 10.5. The first-order chi connectivity index (χ1) is 13.6. The van der Waals surface area contributed by atoms with Gasteiger partial charge in [0.05, 0.1) is 19.3 Å². The van der Waals surface area contributed by atoms with E-state index in [9.17, 15) is 66.6 Å². The van der Waals surface area contributed by atoms with Crippen LogP contribution in [-0.2, 0) is 4.74 Å². The standard InChI is InChI=1S/C14H16F14O2S/c15-9(11(17,18)19,12(20,21)22)2-1-5-31-7-8(29)6-30-4-3-10(16,13(23,24)25)14(26,27)28/h8,29H,1-7H2. The maximum absolute atomic E-state index is 13.3. The second-order valence-electron chi connectivity index (χ2n) is 6.25. The quantitative estimate of drug-likeness (QED) is 0.274. The minimum absolute atomic E-state index is 0.462. The Morgan fingerprint density at radius 2 is 1.03 bits per heavy atom. The molecule has 0 radical (unpaired) electrons. The van der Waals surface area contributed by atoms with Gasteiger partial charge < -0.3 is 9.84 Å². The molecule has 0 heterocycles. The molecule has 188 valence electrons. The van der Waals surface area contributed by atoms with Crippen LogP contribution in [0, 0.1) is 0 Å². The molecule has 0 saturated carbocycles. The highest BCUT2D eigenvalue weighted by atomic mass is 32.2. The van der Waals surface area contributed by atoms with E-state index in [0.717, 1.165) is 0 Å². The van der Waals surface area contributed by atoms with Gasteiger partial charge >= 0.3 is 30.4 Å². The minimum atomic E-state index is -6.28. The SMILES string of the molecule is OC(COCCC(F)(C(F)(F)F)C(F)(F)F)CSCCCC(F)(C(F)(F)F)C(F)(F)F. The zero-order valence-corrected chi connectivity index (χ0v) is 15.9. The molecule has 0 fully saturated rings. The predicted octanol–water partition coefficient (Wildman–Crippen LogP) is 5.93. The second-order valence-corrected chi connectivity index (χ2v) is 7.40. The number of hydrogen-bond donors (Lipinski definition) is 1. The fourth-order valence-electron chi connectivity index (χ4n) is 2.01. The highest BCUT2D eigenvalue weighted by Crippen LogP contribution is 2.49. The maximum atomic E-state index is 13.3. The largest absolute Gasteiger partial charge is 0.431 e. The van der Waals surface area contributed by atoms with Crippen LogP contribution in [0.15, 0.2) is 0 Å². The molecule has 31 heavy (non-hydrogen) atoms. The summed E-state index contributed by atoms with van der Waals surface area (Å²) in [5.41, 5.74) is -11.0. The topological polar surface area (TPSA) is 29.5 Å². The van der Waals surface area contributed by atoms with Crippen molar-refractivity contribution in [1.29, 1.82) is 0 Å². The van der Waals surface area contributed by atoms with Crippen LogP contribution < -0.4 is 0 Å². The first-order valence-corrected chi connectivity index (χ1v) is 9.24. The summed E-state index contributed by atoms with van der Waals surface area (Å²) < 4.78 is 179. The monoisotopic (exact) mass is 514 g/mol. The summed E-state index contributed by atoms with van der Waals surface area (Å²) in [6.07, 6.45) is -31.6. The van der Waals surface area contributed by atoms with E-state index in [4.69, 9.17) is 0 Å². The van der Waals surface area contributed by atoms with Gasteiger partial charge in [-0.25, -0.2) is 8.78 Å². The average Bonchev–Trinajstić information content (AvgIpc) is 2.53. The lowest BCUT2D eigenvalue weighted by Gasteiger charge is -2.30. The van der Waals surface area contributed by atoms with E-state index in [1.165, 1.54) is 0 Å². The highest BCUT2D eigenvalue weighted by molar-refractivity contribution is 7.99. The van der Waals surface area contributed by atoms with E-state index in [1.807, 2.05) is 0 Å². The molecule has 0 aromatic rings.